The van der Waals surface area contributed by atoms with E-state index in [4.69, 9.17) is 27.9 Å². The van der Waals surface area contributed by atoms with Crippen LogP contribution in [0.1, 0.15) is 17.2 Å². The second-order valence-electron chi connectivity index (χ2n) is 4.34. The Kier molecular flexibility index (Phi) is 4.86. The molecule has 1 N–H and O–H groups in total. The van der Waals surface area contributed by atoms with Crippen molar-refractivity contribution in [1.82, 2.24) is 0 Å². The van der Waals surface area contributed by atoms with Crippen LogP contribution in [-0.4, -0.2) is 12.2 Å². The lowest BCUT2D eigenvalue weighted by atomic mass is 10.0. The third kappa shape index (κ3) is 3.42. The Labute approximate surface area is 126 Å². The topological polar surface area (TPSA) is 29.5 Å². The van der Waals surface area contributed by atoms with Gasteiger partial charge in [0.05, 0.1) is 13.2 Å². The van der Waals surface area contributed by atoms with Crippen LogP contribution in [0.4, 0.5) is 4.39 Å². The fourth-order valence-electron chi connectivity index (χ4n) is 1.91. The van der Waals surface area contributed by atoms with E-state index >= 15 is 0 Å². The van der Waals surface area contributed by atoms with Gasteiger partial charge in [0.1, 0.15) is 11.6 Å². The lowest BCUT2D eigenvalue weighted by Gasteiger charge is -2.14. The fraction of sp³-hybridized carbons (Fsp3) is 0.200. The molecule has 2 aromatic carbocycles. The minimum atomic E-state index is -0.986. The van der Waals surface area contributed by atoms with Crippen molar-refractivity contribution in [3.8, 4) is 5.75 Å². The molecule has 2 aromatic rings. The van der Waals surface area contributed by atoms with Crippen molar-refractivity contribution >= 4 is 23.2 Å². The molecule has 0 bridgehead atoms. The fourth-order valence-corrected chi connectivity index (χ4v) is 2.40. The Bertz CT molecular complexity index is 617. The molecule has 1 unspecified atom stereocenters. The van der Waals surface area contributed by atoms with E-state index < -0.39 is 11.9 Å². The average molecular weight is 315 g/mol. The van der Waals surface area contributed by atoms with Gasteiger partial charge in [0.2, 0.25) is 0 Å². The largest absolute Gasteiger partial charge is 0.497 e. The maximum atomic E-state index is 13.9. The summed E-state index contributed by atoms with van der Waals surface area (Å²) < 4.78 is 18.8. The second-order valence-corrected chi connectivity index (χ2v) is 5.19. The number of rotatable bonds is 4. The Morgan fingerprint density at radius 1 is 1.20 bits per heavy atom. The third-order valence-electron chi connectivity index (χ3n) is 2.99. The van der Waals surface area contributed by atoms with Crippen LogP contribution in [0.3, 0.4) is 0 Å². The van der Waals surface area contributed by atoms with Crippen molar-refractivity contribution in [1.29, 1.82) is 0 Å². The molecule has 2 nitrogen and oxygen atoms in total. The third-order valence-corrected chi connectivity index (χ3v) is 3.58. The molecule has 5 heteroatoms. The second kappa shape index (κ2) is 6.44. The van der Waals surface area contributed by atoms with Crippen LogP contribution in [0.15, 0.2) is 36.4 Å². The quantitative estimate of drug-likeness (QED) is 0.905. The van der Waals surface area contributed by atoms with E-state index in [-0.39, 0.29) is 12.0 Å². The first kappa shape index (κ1) is 15.1. The summed E-state index contributed by atoms with van der Waals surface area (Å²) in [6.45, 7) is 0. The van der Waals surface area contributed by atoms with Gasteiger partial charge in [-0.15, -0.1) is 0 Å². The molecule has 106 valence electrons. The van der Waals surface area contributed by atoms with Crippen LogP contribution in [0.2, 0.25) is 10.0 Å². The summed E-state index contributed by atoms with van der Waals surface area (Å²) in [6, 6.07) is 9.33. The van der Waals surface area contributed by atoms with Gasteiger partial charge >= 0.3 is 0 Å². The molecule has 0 aliphatic rings. The Morgan fingerprint density at radius 2 is 1.95 bits per heavy atom. The molecule has 0 aromatic heterocycles. The molecule has 0 fully saturated rings. The predicted molar refractivity (Wildman–Crippen MR) is 78.1 cm³/mol. The molecule has 0 saturated carbocycles. The summed E-state index contributed by atoms with van der Waals surface area (Å²) in [5.41, 5.74) is 0.913. The van der Waals surface area contributed by atoms with Crippen molar-refractivity contribution in [3.63, 3.8) is 0 Å². The lowest BCUT2D eigenvalue weighted by Crippen LogP contribution is -2.05. The van der Waals surface area contributed by atoms with Gasteiger partial charge in [-0.05, 0) is 29.8 Å². The first-order chi connectivity index (χ1) is 9.51. The number of aliphatic hydroxyl groups is 1. The molecular weight excluding hydrogens is 302 g/mol. The molecular formula is C15H13Cl2FO2. The summed E-state index contributed by atoms with van der Waals surface area (Å²) in [4.78, 5) is 0. The Balaban J connectivity index is 2.21. The molecule has 0 saturated heterocycles. The summed E-state index contributed by atoms with van der Waals surface area (Å²) >= 11 is 11.8. The van der Waals surface area contributed by atoms with E-state index in [0.29, 0.717) is 21.4 Å². The average Bonchev–Trinajstić information content (AvgIpc) is 2.41. The van der Waals surface area contributed by atoms with Crippen molar-refractivity contribution in [2.24, 2.45) is 0 Å². The maximum absolute atomic E-state index is 13.9. The van der Waals surface area contributed by atoms with Crippen LogP contribution >= 0.6 is 23.2 Å². The zero-order valence-corrected chi connectivity index (χ0v) is 12.2. The molecule has 0 aliphatic carbocycles. The van der Waals surface area contributed by atoms with Crippen molar-refractivity contribution < 1.29 is 14.2 Å². The zero-order valence-electron chi connectivity index (χ0n) is 10.7. The molecule has 20 heavy (non-hydrogen) atoms. The van der Waals surface area contributed by atoms with E-state index in [2.05, 4.69) is 0 Å². The Morgan fingerprint density at radius 3 is 2.55 bits per heavy atom. The van der Waals surface area contributed by atoms with Crippen LogP contribution in [-0.2, 0) is 6.42 Å². The minimum Gasteiger partial charge on any atom is -0.497 e. The van der Waals surface area contributed by atoms with Gasteiger partial charge in [-0.1, -0.05) is 29.3 Å². The van der Waals surface area contributed by atoms with Crippen LogP contribution < -0.4 is 4.74 Å². The maximum Gasteiger partial charge on any atom is 0.132 e. The van der Waals surface area contributed by atoms with Gasteiger partial charge in [0, 0.05) is 28.1 Å². The van der Waals surface area contributed by atoms with Crippen LogP contribution in [0, 0.1) is 5.82 Å². The van der Waals surface area contributed by atoms with E-state index in [1.807, 2.05) is 0 Å². The van der Waals surface area contributed by atoms with E-state index in [9.17, 15) is 9.50 Å². The number of ether oxygens (including phenoxy) is 1. The summed E-state index contributed by atoms with van der Waals surface area (Å²) in [5, 5.41) is 11.1. The molecule has 0 spiro atoms. The Hall–Kier alpha value is -1.29. The molecule has 2 rings (SSSR count). The van der Waals surface area contributed by atoms with Gasteiger partial charge in [-0.2, -0.15) is 0 Å². The van der Waals surface area contributed by atoms with Gasteiger partial charge in [0.15, 0.2) is 0 Å². The van der Waals surface area contributed by atoms with Crippen LogP contribution in [0.25, 0.3) is 0 Å². The minimum absolute atomic E-state index is 0.205. The summed E-state index contributed by atoms with van der Waals surface area (Å²) in [5.74, 6) is -0.107. The standard InChI is InChI=1S/C15H13Cl2FO2/c1-20-11-4-5-12(14(18)8-11)15(19)6-9-2-3-10(16)7-13(9)17/h2-5,7-8,15,19H,6H2,1H3. The molecule has 0 amide bonds. The molecule has 0 heterocycles. The van der Waals surface area contributed by atoms with Crippen molar-refractivity contribution in [2.75, 3.05) is 7.11 Å². The molecule has 0 aliphatic heterocycles. The van der Waals surface area contributed by atoms with Gasteiger partial charge in [0.25, 0.3) is 0 Å². The van der Waals surface area contributed by atoms with Crippen molar-refractivity contribution in [2.45, 2.75) is 12.5 Å². The van der Waals surface area contributed by atoms with Crippen LogP contribution in [0.5, 0.6) is 5.75 Å². The summed E-state index contributed by atoms with van der Waals surface area (Å²) in [6.07, 6.45) is -0.779. The smallest absolute Gasteiger partial charge is 0.132 e. The molecule has 0 radical (unpaired) electrons. The monoisotopic (exact) mass is 314 g/mol. The number of benzene rings is 2. The zero-order chi connectivity index (χ0) is 14.7. The number of aliphatic hydroxyl groups excluding tert-OH is 1. The number of halogens is 3. The molecule has 1 atom stereocenters. The highest BCUT2D eigenvalue weighted by atomic mass is 35.5. The number of hydrogen-bond donors (Lipinski definition) is 1. The van der Waals surface area contributed by atoms with Gasteiger partial charge < -0.3 is 9.84 Å². The number of hydrogen-bond acceptors (Lipinski definition) is 2. The first-order valence-corrected chi connectivity index (χ1v) is 6.72. The number of methoxy groups -OCH3 is 1. The summed E-state index contributed by atoms with van der Waals surface area (Å²) in [7, 11) is 1.46. The highest BCUT2D eigenvalue weighted by Gasteiger charge is 2.15. The first-order valence-electron chi connectivity index (χ1n) is 5.96. The normalized spacial score (nSPS) is 12.2. The highest BCUT2D eigenvalue weighted by molar-refractivity contribution is 6.35. The van der Waals surface area contributed by atoms with Gasteiger partial charge in [-0.25, -0.2) is 4.39 Å². The van der Waals surface area contributed by atoms with Crippen molar-refractivity contribution in [3.05, 3.63) is 63.4 Å². The van der Waals surface area contributed by atoms with E-state index in [0.717, 1.165) is 0 Å². The highest BCUT2D eigenvalue weighted by Crippen LogP contribution is 2.28. The predicted octanol–water partition coefficient (Wildman–Crippen LogP) is 4.42. The lowest BCUT2D eigenvalue weighted by molar-refractivity contribution is 0.173. The van der Waals surface area contributed by atoms with E-state index in [1.165, 1.54) is 19.2 Å². The SMILES string of the molecule is COc1ccc(C(O)Cc2ccc(Cl)cc2Cl)c(F)c1. The van der Waals surface area contributed by atoms with Gasteiger partial charge in [-0.3, -0.25) is 0 Å². The van der Waals surface area contributed by atoms with E-state index in [1.54, 1.807) is 24.3 Å².